The van der Waals surface area contributed by atoms with E-state index < -0.39 is 17.6 Å². The van der Waals surface area contributed by atoms with Gasteiger partial charge in [-0.2, -0.15) is 0 Å². The van der Waals surface area contributed by atoms with Crippen LogP contribution in [0.25, 0.3) is 10.8 Å². The molecule has 8 heteroatoms. The molecule has 2 fully saturated rings. The third-order valence-electron chi connectivity index (χ3n) is 6.87. The van der Waals surface area contributed by atoms with Gasteiger partial charge in [-0.05, 0) is 69.0 Å². The first-order valence-electron chi connectivity index (χ1n) is 11.8. The summed E-state index contributed by atoms with van der Waals surface area (Å²) < 4.78 is 5.51. The minimum Gasteiger partial charge on any atom is -0.444 e. The molecule has 2 aromatic rings. The molecule has 0 bridgehead atoms. The van der Waals surface area contributed by atoms with Gasteiger partial charge in [0, 0.05) is 30.5 Å². The second kappa shape index (κ2) is 8.11. The van der Waals surface area contributed by atoms with Crippen molar-refractivity contribution < 1.29 is 23.9 Å². The second-order valence-corrected chi connectivity index (χ2v) is 10.3. The minimum absolute atomic E-state index is 0.202. The van der Waals surface area contributed by atoms with Gasteiger partial charge >= 0.3 is 6.09 Å². The number of amides is 4. The Labute approximate surface area is 198 Å². The molecular weight excluding hydrogens is 434 g/mol. The summed E-state index contributed by atoms with van der Waals surface area (Å²) in [4.78, 5) is 53.2. The van der Waals surface area contributed by atoms with Crippen LogP contribution in [0.15, 0.2) is 30.3 Å². The van der Waals surface area contributed by atoms with Crippen LogP contribution in [0, 0.1) is 0 Å². The van der Waals surface area contributed by atoms with Gasteiger partial charge in [0.2, 0.25) is 11.8 Å². The zero-order valence-corrected chi connectivity index (χ0v) is 19.7. The van der Waals surface area contributed by atoms with Crippen molar-refractivity contribution in [2.75, 3.05) is 18.0 Å². The maximum atomic E-state index is 13.3. The van der Waals surface area contributed by atoms with Crippen LogP contribution in [0.1, 0.15) is 68.3 Å². The molecule has 4 amide bonds. The number of imide groups is 1. The number of nitrogens with zero attached hydrogens (tertiary/aromatic N) is 2. The second-order valence-electron chi connectivity index (χ2n) is 10.3. The van der Waals surface area contributed by atoms with Crippen LogP contribution in [-0.4, -0.2) is 53.4 Å². The summed E-state index contributed by atoms with van der Waals surface area (Å²) in [6, 6.07) is 8.99. The number of benzene rings is 2. The van der Waals surface area contributed by atoms with Crippen molar-refractivity contribution in [1.29, 1.82) is 0 Å². The third-order valence-corrected chi connectivity index (χ3v) is 6.87. The highest BCUT2D eigenvalue weighted by Crippen LogP contribution is 2.43. The Bertz CT molecular complexity index is 1210. The highest BCUT2D eigenvalue weighted by Gasteiger charge is 2.41. The fourth-order valence-electron chi connectivity index (χ4n) is 5.32. The van der Waals surface area contributed by atoms with Crippen molar-refractivity contribution in [3.63, 3.8) is 0 Å². The number of piperidine rings is 2. The van der Waals surface area contributed by atoms with E-state index >= 15 is 0 Å². The normalized spacial score (nSPS) is 21.3. The van der Waals surface area contributed by atoms with Crippen LogP contribution in [0.2, 0.25) is 0 Å². The Balaban J connectivity index is 1.42. The highest BCUT2D eigenvalue weighted by atomic mass is 16.6. The van der Waals surface area contributed by atoms with E-state index in [1.54, 1.807) is 9.80 Å². The number of likely N-dealkylation sites (tertiary alicyclic amines) is 1. The van der Waals surface area contributed by atoms with Crippen molar-refractivity contribution in [3.8, 4) is 0 Å². The van der Waals surface area contributed by atoms with E-state index in [1.807, 2.05) is 51.1 Å². The third kappa shape index (κ3) is 3.81. The van der Waals surface area contributed by atoms with Gasteiger partial charge in [0.25, 0.3) is 5.91 Å². The fourth-order valence-corrected chi connectivity index (χ4v) is 5.32. The van der Waals surface area contributed by atoms with E-state index in [-0.39, 0.29) is 30.2 Å². The molecule has 0 aromatic heterocycles. The number of anilines is 1. The lowest BCUT2D eigenvalue weighted by Gasteiger charge is -2.34. The monoisotopic (exact) mass is 463 g/mol. The van der Waals surface area contributed by atoms with Crippen LogP contribution in [0.5, 0.6) is 0 Å². The van der Waals surface area contributed by atoms with Gasteiger partial charge in [-0.3, -0.25) is 24.6 Å². The molecule has 8 nitrogen and oxygen atoms in total. The predicted octanol–water partition coefficient (Wildman–Crippen LogP) is 3.72. The Morgan fingerprint density at radius 3 is 2.44 bits per heavy atom. The SMILES string of the molecule is CC(C)(C)OC(=O)N1CCC(c2ccc3c4c(cccc24)N(C2CCC(=O)NC2=O)C3=O)CC1. The van der Waals surface area contributed by atoms with Gasteiger partial charge in [-0.25, -0.2) is 4.79 Å². The Hall–Kier alpha value is -3.42. The average molecular weight is 464 g/mol. The number of ether oxygens (including phenoxy) is 1. The lowest BCUT2D eigenvalue weighted by atomic mass is 9.85. The van der Waals surface area contributed by atoms with E-state index in [0.29, 0.717) is 25.1 Å². The molecule has 0 aliphatic carbocycles. The Kier molecular flexibility index (Phi) is 5.34. The summed E-state index contributed by atoms with van der Waals surface area (Å²) >= 11 is 0. The molecule has 2 aromatic carbocycles. The van der Waals surface area contributed by atoms with E-state index in [0.717, 1.165) is 34.9 Å². The number of nitrogens with one attached hydrogen (secondary N) is 1. The summed E-state index contributed by atoms with van der Waals surface area (Å²) in [6.45, 7) is 6.82. The highest BCUT2D eigenvalue weighted by molar-refractivity contribution is 6.27. The first-order valence-corrected chi connectivity index (χ1v) is 11.8. The van der Waals surface area contributed by atoms with E-state index in [9.17, 15) is 19.2 Å². The van der Waals surface area contributed by atoms with Crippen LogP contribution in [0.4, 0.5) is 10.5 Å². The standard InChI is InChI=1S/C26H29N3O5/c1-26(2,3)34-25(33)28-13-11-15(12-14-28)16-7-8-18-22-17(16)5-4-6-19(22)29(24(18)32)20-9-10-21(30)27-23(20)31/h4-8,15,20H,9-14H2,1-3H3,(H,27,30,31). The summed E-state index contributed by atoms with van der Waals surface area (Å²) in [5.41, 5.74) is 1.94. The van der Waals surface area contributed by atoms with E-state index in [1.165, 1.54) is 0 Å². The Morgan fingerprint density at radius 2 is 1.76 bits per heavy atom. The maximum Gasteiger partial charge on any atom is 0.410 e. The largest absolute Gasteiger partial charge is 0.444 e. The molecule has 1 N–H and O–H groups in total. The molecule has 3 aliphatic heterocycles. The Morgan fingerprint density at radius 1 is 1.03 bits per heavy atom. The summed E-state index contributed by atoms with van der Waals surface area (Å²) in [6.07, 6.45) is 1.87. The predicted molar refractivity (Wildman–Crippen MR) is 127 cm³/mol. The van der Waals surface area contributed by atoms with Crippen molar-refractivity contribution in [3.05, 3.63) is 41.5 Å². The van der Waals surface area contributed by atoms with Crippen molar-refractivity contribution in [1.82, 2.24) is 10.2 Å². The molecular formula is C26H29N3O5. The van der Waals surface area contributed by atoms with Crippen LogP contribution >= 0.6 is 0 Å². The lowest BCUT2D eigenvalue weighted by Crippen LogP contribution is -2.53. The van der Waals surface area contributed by atoms with E-state index in [4.69, 9.17) is 4.74 Å². The van der Waals surface area contributed by atoms with Gasteiger partial charge < -0.3 is 9.64 Å². The number of rotatable bonds is 2. The van der Waals surface area contributed by atoms with Crippen molar-refractivity contribution in [2.24, 2.45) is 0 Å². The molecule has 1 unspecified atom stereocenters. The topological polar surface area (TPSA) is 96.0 Å². The quantitative estimate of drug-likeness (QED) is 0.685. The first kappa shape index (κ1) is 22.4. The molecule has 178 valence electrons. The molecule has 34 heavy (non-hydrogen) atoms. The summed E-state index contributed by atoms with van der Waals surface area (Å²) in [5.74, 6) is -0.678. The van der Waals surface area contributed by atoms with Crippen molar-refractivity contribution in [2.45, 2.75) is 64.0 Å². The van der Waals surface area contributed by atoms with Gasteiger partial charge in [-0.15, -0.1) is 0 Å². The molecule has 0 saturated carbocycles. The van der Waals surface area contributed by atoms with Gasteiger partial charge in [0.05, 0.1) is 5.69 Å². The lowest BCUT2D eigenvalue weighted by molar-refractivity contribution is -0.134. The van der Waals surface area contributed by atoms with Gasteiger partial charge in [-0.1, -0.05) is 18.2 Å². The number of carbonyl (C=O) groups is 4. The smallest absolute Gasteiger partial charge is 0.410 e. The van der Waals surface area contributed by atoms with E-state index in [2.05, 4.69) is 5.32 Å². The van der Waals surface area contributed by atoms with Gasteiger partial charge in [0.15, 0.2) is 0 Å². The van der Waals surface area contributed by atoms with Crippen LogP contribution < -0.4 is 10.2 Å². The van der Waals surface area contributed by atoms with Crippen molar-refractivity contribution >= 4 is 40.3 Å². The average Bonchev–Trinajstić information content (AvgIpc) is 3.06. The molecule has 1 atom stereocenters. The zero-order valence-electron chi connectivity index (χ0n) is 19.7. The van der Waals surface area contributed by atoms with Gasteiger partial charge in [0.1, 0.15) is 11.6 Å². The zero-order chi connectivity index (χ0) is 24.2. The molecule has 5 rings (SSSR count). The first-order chi connectivity index (χ1) is 16.1. The molecule has 0 radical (unpaired) electrons. The number of hydrogen-bond donors (Lipinski definition) is 1. The molecule has 2 saturated heterocycles. The van der Waals surface area contributed by atoms with Crippen LogP contribution in [0.3, 0.4) is 0 Å². The minimum atomic E-state index is -0.691. The maximum absolute atomic E-state index is 13.3. The fraction of sp³-hybridized carbons (Fsp3) is 0.462. The van der Waals surface area contributed by atoms with Crippen LogP contribution in [-0.2, 0) is 14.3 Å². The number of hydrogen-bond acceptors (Lipinski definition) is 5. The molecule has 3 aliphatic rings. The number of carbonyl (C=O) groups excluding carboxylic acids is 4. The molecule has 0 spiro atoms. The summed E-state index contributed by atoms with van der Waals surface area (Å²) in [7, 11) is 0. The molecule has 3 heterocycles. The summed E-state index contributed by atoms with van der Waals surface area (Å²) in [5, 5.41) is 4.24.